The number of hydrogen-bond donors (Lipinski definition) is 0. The van der Waals surface area contributed by atoms with Gasteiger partial charge in [-0.2, -0.15) is 0 Å². The molecule has 0 atom stereocenters. The number of rotatable bonds is 3. The Morgan fingerprint density at radius 1 is 0.611 bits per heavy atom. The van der Waals surface area contributed by atoms with Gasteiger partial charge in [-0.3, -0.25) is 14.4 Å². The molecule has 96 valence electrons. The summed E-state index contributed by atoms with van der Waals surface area (Å²) in [7, 11) is 0. The largest absolute Gasteiger partial charge is 0.275 e. The van der Waals surface area contributed by atoms with Crippen LogP contribution in [0, 0.1) is 17.5 Å². The van der Waals surface area contributed by atoms with E-state index in [1.165, 1.54) is 0 Å². The molecule has 0 heterocycles. The molecule has 3 nitrogen and oxygen atoms in total. The minimum absolute atomic E-state index is 1.48. The predicted octanol–water partition coefficient (Wildman–Crippen LogP) is 3.24. The second-order valence-electron chi connectivity index (χ2n) is 2.89. The first kappa shape index (κ1) is 14.9. The molecular formula is C9Cl3F3O3. The number of carbonyl (C=O) groups excluding carboxylic acids is 3. The van der Waals surface area contributed by atoms with Crippen molar-refractivity contribution in [3.05, 3.63) is 34.1 Å². The van der Waals surface area contributed by atoms with E-state index in [-0.39, 0.29) is 0 Å². The van der Waals surface area contributed by atoms with Crippen molar-refractivity contribution in [3.8, 4) is 0 Å². The van der Waals surface area contributed by atoms with Gasteiger partial charge in [0.05, 0.1) is 0 Å². The first-order valence-corrected chi connectivity index (χ1v) is 5.13. The van der Waals surface area contributed by atoms with Crippen molar-refractivity contribution in [2.24, 2.45) is 0 Å². The minimum atomic E-state index is -1.90. The molecule has 0 unspecified atom stereocenters. The van der Waals surface area contributed by atoms with Crippen molar-refractivity contribution in [3.63, 3.8) is 0 Å². The summed E-state index contributed by atoms with van der Waals surface area (Å²) in [5, 5.41) is -5.03. The average Bonchev–Trinajstić information content (AvgIpc) is 2.14. The number of hydrogen-bond acceptors (Lipinski definition) is 3. The van der Waals surface area contributed by atoms with Gasteiger partial charge in [-0.15, -0.1) is 0 Å². The minimum Gasteiger partial charge on any atom is -0.275 e. The molecule has 0 spiro atoms. The van der Waals surface area contributed by atoms with Gasteiger partial charge in [-0.1, -0.05) is 0 Å². The molecule has 1 rings (SSSR count). The highest BCUT2D eigenvalue weighted by molar-refractivity contribution is 6.70. The van der Waals surface area contributed by atoms with E-state index in [0.29, 0.717) is 0 Å². The van der Waals surface area contributed by atoms with Gasteiger partial charge >= 0.3 is 0 Å². The molecular weight excluding hydrogens is 319 g/mol. The fourth-order valence-corrected chi connectivity index (χ4v) is 1.68. The van der Waals surface area contributed by atoms with Crippen LogP contribution >= 0.6 is 34.8 Å². The number of carbonyl (C=O) groups is 3. The molecule has 0 saturated heterocycles. The van der Waals surface area contributed by atoms with Crippen molar-refractivity contribution < 1.29 is 27.6 Å². The van der Waals surface area contributed by atoms with Crippen LogP contribution in [0.25, 0.3) is 0 Å². The zero-order valence-electron chi connectivity index (χ0n) is 7.99. The first-order valence-electron chi connectivity index (χ1n) is 4.00. The predicted molar refractivity (Wildman–Crippen MR) is 56.9 cm³/mol. The molecule has 0 aliphatic heterocycles. The third-order valence-electron chi connectivity index (χ3n) is 1.91. The quantitative estimate of drug-likeness (QED) is 0.804. The van der Waals surface area contributed by atoms with Crippen LogP contribution in [0.4, 0.5) is 13.2 Å². The van der Waals surface area contributed by atoms with Crippen LogP contribution in [-0.4, -0.2) is 15.7 Å². The van der Waals surface area contributed by atoms with Crippen molar-refractivity contribution in [2.45, 2.75) is 0 Å². The van der Waals surface area contributed by atoms with Crippen LogP contribution < -0.4 is 0 Å². The van der Waals surface area contributed by atoms with Crippen molar-refractivity contribution in [1.29, 1.82) is 0 Å². The molecule has 0 aliphatic rings. The van der Waals surface area contributed by atoms with Gasteiger partial charge in [-0.05, 0) is 34.8 Å². The zero-order chi connectivity index (χ0) is 14.2. The SMILES string of the molecule is O=C(Cl)c1c(F)c(C(=O)Cl)c(F)c(C(=O)Cl)c1F. The first-order chi connectivity index (χ1) is 8.20. The lowest BCUT2D eigenvalue weighted by Gasteiger charge is -2.08. The van der Waals surface area contributed by atoms with Gasteiger partial charge in [0.1, 0.15) is 16.7 Å². The Kier molecular flexibility index (Phi) is 4.37. The Morgan fingerprint density at radius 2 is 0.778 bits per heavy atom. The van der Waals surface area contributed by atoms with E-state index >= 15 is 0 Å². The molecule has 0 bridgehead atoms. The Hall–Kier alpha value is -1.11. The lowest BCUT2D eigenvalue weighted by Crippen LogP contribution is -2.15. The number of benzene rings is 1. The van der Waals surface area contributed by atoms with Gasteiger partial charge in [0.25, 0.3) is 15.7 Å². The van der Waals surface area contributed by atoms with Crippen LogP contribution in [0.3, 0.4) is 0 Å². The summed E-state index contributed by atoms with van der Waals surface area (Å²) < 4.78 is 40.5. The molecule has 0 amide bonds. The summed E-state index contributed by atoms with van der Waals surface area (Å²) in [5.74, 6) is -5.69. The van der Waals surface area contributed by atoms with Gasteiger partial charge in [0, 0.05) is 0 Å². The molecule has 0 fully saturated rings. The second kappa shape index (κ2) is 5.26. The van der Waals surface area contributed by atoms with E-state index < -0.39 is 49.9 Å². The van der Waals surface area contributed by atoms with Crippen LogP contribution in [0.5, 0.6) is 0 Å². The molecule has 0 radical (unpaired) electrons. The maximum Gasteiger partial charge on any atom is 0.258 e. The zero-order valence-corrected chi connectivity index (χ0v) is 10.3. The Labute approximate surface area is 112 Å². The van der Waals surface area contributed by atoms with Crippen LogP contribution in [0.1, 0.15) is 31.1 Å². The normalized spacial score (nSPS) is 10.3. The van der Waals surface area contributed by atoms with E-state index in [4.69, 9.17) is 34.8 Å². The van der Waals surface area contributed by atoms with Gasteiger partial charge < -0.3 is 0 Å². The van der Waals surface area contributed by atoms with Crippen LogP contribution in [0.15, 0.2) is 0 Å². The van der Waals surface area contributed by atoms with E-state index in [2.05, 4.69) is 0 Å². The summed E-state index contributed by atoms with van der Waals surface area (Å²) in [6, 6.07) is 0. The third kappa shape index (κ3) is 2.36. The summed E-state index contributed by atoms with van der Waals surface area (Å²) in [4.78, 5) is 32.4. The fourth-order valence-electron chi connectivity index (χ4n) is 1.18. The molecule has 1 aromatic rings. The molecule has 1 aromatic carbocycles. The highest BCUT2D eigenvalue weighted by Gasteiger charge is 2.32. The molecule has 0 aliphatic carbocycles. The Bertz CT molecular complexity index is 484. The second-order valence-corrected chi connectivity index (χ2v) is 3.92. The smallest absolute Gasteiger partial charge is 0.258 e. The maximum atomic E-state index is 13.5. The molecule has 0 N–H and O–H groups in total. The van der Waals surface area contributed by atoms with E-state index in [0.717, 1.165) is 0 Å². The van der Waals surface area contributed by atoms with Crippen molar-refractivity contribution in [2.75, 3.05) is 0 Å². The van der Waals surface area contributed by atoms with E-state index in [1.807, 2.05) is 0 Å². The monoisotopic (exact) mass is 318 g/mol. The standard InChI is InChI=1S/C9Cl3F3O3/c10-7(16)1-4(13)2(8(11)17)6(15)3(5(1)14)9(12)18. The lowest BCUT2D eigenvalue weighted by atomic mass is 10.0. The van der Waals surface area contributed by atoms with Crippen molar-refractivity contribution >= 4 is 50.5 Å². The highest BCUT2D eigenvalue weighted by atomic mass is 35.5. The molecule has 0 saturated carbocycles. The third-order valence-corrected chi connectivity index (χ3v) is 2.47. The fraction of sp³-hybridized carbons (Fsp3) is 0. The highest BCUT2D eigenvalue weighted by Crippen LogP contribution is 2.28. The Morgan fingerprint density at radius 3 is 0.889 bits per heavy atom. The summed E-state index contributed by atoms with van der Waals surface area (Å²) in [5.41, 5.74) is -4.44. The average molecular weight is 319 g/mol. The van der Waals surface area contributed by atoms with Crippen LogP contribution in [-0.2, 0) is 0 Å². The molecule has 0 aromatic heterocycles. The van der Waals surface area contributed by atoms with Gasteiger partial charge in [0.15, 0.2) is 17.5 Å². The Balaban J connectivity index is 3.94. The van der Waals surface area contributed by atoms with Crippen molar-refractivity contribution in [1.82, 2.24) is 0 Å². The van der Waals surface area contributed by atoms with E-state index in [9.17, 15) is 27.6 Å². The lowest BCUT2D eigenvalue weighted by molar-refractivity contribution is 0.106. The summed E-state index contributed by atoms with van der Waals surface area (Å²) in [6.45, 7) is 0. The topological polar surface area (TPSA) is 51.2 Å². The van der Waals surface area contributed by atoms with E-state index in [1.54, 1.807) is 0 Å². The maximum absolute atomic E-state index is 13.5. The summed E-state index contributed by atoms with van der Waals surface area (Å²) >= 11 is 14.6. The number of halogens is 6. The van der Waals surface area contributed by atoms with Gasteiger partial charge in [-0.25, -0.2) is 13.2 Å². The summed E-state index contributed by atoms with van der Waals surface area (Å²) in [6.07, 6.45) is 0. The molecule has 9 heteroatoms. The molecule has 18 heavy (non-hydrogen) atoms. The van der Waals surface area contributed by atoms with Gasteiger partial charge in [0.2, 0.25) is 0 Å². The van der Waals surface area contributed by atoms with Crippen LogP contribution in [0.2, 0.25) is 0 Å².